The predicted molar refractivity (Wildman–Crippen MR) is 105 cm³/mol. The van der Waals surface area contributed by atoms with Gasteiger partial charge < -0.3 is 5.73 Å². The van der Waals surface area contributed by atoms with E-state index in [2.05, 4.69) is 43.5 Å². The fourth-order valence-electron chi connectivity index (χ4n) is 2.14. The van der Waals surface area contributed by atoms with Gasteiger partial charge in [-0.1, -0.05) is 11.6 Å². The summed E-state index contributed by atoms with van der Waals surface area (Å²) >= 11 is 17.3. The average molecular weight is 448 g/mol. The van der Waals surface area contributed by atoms with Gasteiger partial charge in [0, 0.05) is 15.2 Å². The molecule has 0 aliphatic heterocycles. The van der Waals surface area contributed by atoms with Crippen LogP contribution in [0.2, 0.25) is 5.15 Å². The maximum Gasteiger partial charge on any atom is 0.147 e. The zero-order valence-corrected chi connectivity index (χ0v) is 17.0. The predicted octanol–water partition coefficient (Wildman–Crippen LogP) is 5.25. The second kappa shape index (κ2) is 6.76. The van der Waals surface area contributed by atoms with Gasteiger partial charge in [-0.25, -0.2) is 15.0 Å². The van der Waals surface area contributed by atoms with E-state index in [-0.39, 0.29) is 5.92 Å². The number of pyridine rings is 1. The maximum absolute atomic E-state index is 6.32. The lowest BCUT2D eigenvalue weighted by atomic mass is 10.1. The number of aromatic nitrogens is 3. The first-order chi connectivity index (χ1) is 10.9. The number of thiol groups is 1. The van der Waals surface area contributed by atoms with Crippen molar-refractivity contribution in [3.05, 3.63) is 32.6 Å². The summed E-state index contributed by atoms with van der Waals surface area (Å²) in [6.07, 6.45) is 1.93. The number of hydrogen-bond acceptors (Lipinski definition) is 7. The SMILES string of the molecule is CSc1nc(C(C)c2cc3c(Br)csc3c(Cl)n2)nc(N)c1S. The highest BCUT2D eigenvalue weighted by Gasteiger charge is 2.19. The highest BCUT2D eigenvalue weighted by Crippen LogP contribution is 2.37. The molecule has 3 rings (SSSR count). The molecule has 0 spiro atoms. The number of thiophene rings is 1. The van der Waals surface area contributed by atoms with Crippen LogP contribution in [0.15, 0.2) is 25.8 Å². The number of hydrogen-bond donors (Lipinski definition) is 2. The molecule has 1 atom stereocenters. The summed E-state index contributed by atoms with van der Waals surface area (Å²) < 4.78 is 1.97. The van der Waals surface area contributed by atoms with Gasteiger partial charge in [0.05, 0.1) is 21.2 Å². The van der Waals surface area contributed by atoms with Crippen molar-refractivity contribution < 1.29 is 0 Å². The third kappa shape index (κ3) is 3.19. The number of fused-ring (bicyclic) bond motifs is 1. The number of nitrogens with two attached hydrogens (primary N) is 1. The van der Waals surface area contributed by atoms with Crippen molar-refractivity contribution in [1.29, 1.82) is 0 Å². The Bertz CT molecular complexity index is 899. The molecule has 3 aromatic rings. The van der Waals surface area contributed by atoms with Crippen molar-refractivity contribution in [2.24, 2.45) is 0 Å². The Labute approximate surface area is 160 Å². The van der Waals surface area contributed by atoms with Crippen molar-refractivity contribution >= 4 is 79.2 Å². The van der Waals surface area contributed by atoms with Crippen LogP contribution in [0, 0.1) is 0 Å². The zero-order valence-electron chi connectivity index (χ0n) is 12.2. The second-order valence-electron chi connectivity index (χ2n) is 4.84. The van der Waals surface area contributed by atoms with Crippen LogP contribution in [0.1, 0.15) is 24.4 Å². The molecular formula is C14H12BrClN4S3. The minimum atomic E-state index is -0.133. The van der Waals surface area contributed by atoms with Gasteiger partial charge in [0.1, 0.15) is 21.8 Å². The molecule has 2 N–H and O–H groups in total. The number of anilines is 1. The third-order valence-electron chi connectivity index (χ3n) is 3.41. The first-order valence-corrected chi connectivity index (χ1v) is 10.3. The molecule has 0 saturated carbocycles. The lowest BCUT2D eigenvalue weighted by Crippen LogP contribution is -2.08. The minimum Gasteiger partial charge on any atom is -0.383 e. The number of nitrogens with zero attached hydrogens (tertiary/aromatic N) is 3. The smallest absolute Gasteiger partial charge is 0.147 e. The van der Waals surface area contributed by atoms with Crippen LogP contribution >= 0.6 is 63.3 Å². The van der Waals surface area contributed by atoms with Crippen molar-refractivity contribution in [3.63, 3.8) is 0 Å². The van der Waals surface area contributed by atoms with E-state index >= 15 is 0 Å². The average Bonchev–Trinajstić information content (AvgIpc) is 2.91. The van der Waals surface area contributed by atoms with Crippen LogP contribution in [0.4, 0.5) is 5.82 Å². The molecule has 0 amide bonds. The Kier molecular flexibility index (Phi) is 5.08. The van der Waals surface area contributed by atoms with Gasteiger partial charge >= 0.3 is 0 Å². The van der Waals surface area contributed by atoms with E-state index in [1.807, 2.05) is 24.6 Å². The van der Waals surface area contributed by atoms with Crippen molar-refractivity contribution in [2.75, 3.05) is 12.0 Å². The van der Waals surface area contributed by atoms with Crippen LogP contribution in [0.25, 0.3) is 10.1 Å². The molecule has 0 radical (unpaired) electrons. The number of thioether (sulfide) groups is 1. The zero-order chi connectivity index (χ0) is 16.7. The summed E-state index contributed by atoms with van der Waals surface area (Å²) in [5.41, 5.74) is 6.75. The van der Waals surface area contributed by atoms with Crippen molar-refractivity contribution in [2.45, 2.75) is 22.8 Å². The van der Waals surface area contributed by atoms with Crippen LogP contribution < -0.4 is 5.73 Å². The van der Waals surface area contributed by atoms with Gasteiger partial charge in [-0.3, -0.25) is 0 Å². The minimum absolute atomic E-state index is 0.133. The molecule has 120 valence electrons. The summed E-state index contributed by atoms with van der Waals surface area (Å²) in [7, 11) is 0. The van der Waals surface area contributed by atoms with Crippen LogP contribution in [0.5, 0.6) is 0 Å². The third-order valence-corrected chi connectivity index (χ3v) is 7.03. The molecule has 9 heteroatoms. The fraction of sp³-hybridized carbons (Fsp3) is 0.214. The van der Waals surface area contributed by atoms with E-state index in [0.29, 0.717) is 21.7 Å². The molecule has 0 saturated heterocycles. The molecule has 3 heterocycles. The van der Waals surface area contributed by atoms with E-state index in [1.165, 1.54) is 11.8 Å². The molecule has 0 fully saturated rings. The normalized spacial score (nSPS) is 12.7. The van der Waals surface area contributed by atoms with E-state index < -0.39 is 0 Å². The van der Waals surface area contributed by atoms with Crippen LogP contribution in [-0.4, -0.2) is 21.2 Å². The molecule has 1 unspecified atom stereocenters. The molecule has 0 aromatic carbocycles. The summed E-state index contributed by atoms with van der Waals surface area (Å²) in [6, 6.07) is 2.01. The Morgan fingerprint density at radius 3 is 2.83 bits per heavy atom. The Morgan fingerprint density at radius 1 is 1.39 bits per heavy atom. The van der Waals surface area contributed by atoms with E-state index in [1.54, 1.807) is 11.3 Å². The van der Waals surface area contributed by atoms with E-state index in [9.17, 15) is 0 Å². The Balaban J connectivity index is 2.11. The Morgan fingerprint density at radius 2 is 2.13 bits per heavy atom. The first-order valence-electron chi connectivity index (χ1n) is 6.55. The van der Waals surface area contributed by atoms with Gasteiger partial charge in [0.25, 0.3) is 0 Å². The first kappa shape index (κ1) is 17.3. The van der Waals surface area contributed by atoms with Gasteiger partial charge in [0.15, 0.2) is 0 Å². The van der Waals surface area contributed by atoms with Gasteiger partial charge in [-0.15, -0.1) is 35.7 Å². The number of nitrogen functional groups attached to an aromatic ring is 1. The summed E-state index contributed by atoms with van der Waals surface area (Å²) in [4.78, 5) is 14.0. The summed E-state index contributed by atoms with van der Waals surface area (Å²) in [5.74, 6) is 0.850. The van der Waals surface area contributed by atoms with Gasteiger partial charge in [-0.2, -0.15) is 0 Å². The summed E-state index contributed by atoms with van der Waals surface area (Å²) in [5, 5.41) is 4.29. The highest BCUT2D eigenvalue weighted by atomic mass is 79.9. The molecule has 0 aliphatic rings. The number of halogens is 2. The molecule has 4 nitrogen and oxygen atoms in total. The van der Waals surface area contributed by atoms with Crippen molar-refractivity contribution in [1.82, 2.24) is 15.0 Å². The van der Waals surface area contributed by atoms with Crippen LogP contribution in [0.3, 0.4) is 0 Å². The topological polar surface area (TPSA) is 64.7 Å². The fourth-order valence-corrected chi connectivity index (χ4v) is 4.84. The second-order valence-corrected chi connectivity index (χ2v) is 8.18. The molecule has 0 aliphatic carbocycles. The molecule has 3 aromatic heterocycles. The standard InChI is InChI=1S/C14H12BrClN4S3/c1-5(13-19-12(17)9(21)14(20-13)22-2)8-3-6-7(15)4-23-10(6)11(16)18-8/h3-5,21H,1-2H3,(H2,17,19,20). The monoisotopic (exact) mass is 446 g/mol. The largest absolute Gasteiger partial charge is 0.383 e. The molecular weight excluding hydrogens is 436 g/mol. The van der Waals surface area contributed by atoms with Crippen molar-refractivity contribution in [3.8, 4) is 0 Å². The lowest BCUT2D eigenvalue weighted by molar-refractivity contribution is 0.756. The van der Waals surface area contributed by atoms with Crippen LogP contribution in [-0.2, 0) is 0 Å². The quantitative estimate of drug-likeness (QED) is 0.248. The maximum atomic E-state index is 6.32. The van der Waals surface area contributed by atoms with Gasteiger partial charge in [-0.05, 0) is 35.2 Å². The Hall–Kier alpha value is -0.540. The summed E-state index contributed by atoms with van der Waals surface area (Å²) in [6.45, 7) is 1.99. The van der Waals surface area contributed by atoms with E-state index in [0.717, 1.165) is 25.3 Å². The number of rotatable bonds is 3. The van der Waals surface area contributed by atoms with Gasteiger partial charge in [0.2, 0.25) is 0 Å². The lowest BCUT2D eigenvalue weighted by Gasteiger charge is -2.13. The highest BCUT2D eigenvalue weighted by molar-refractivity contribution is 9.10. The molecule has 23 heavy (non-hydrogen) atoms. The van der Waals surface area contributed by atoms with E-state index in [4.69, 9.17) is 17.3 Å². The molecule has 0 bridgehead atoms.